The van der Waals surface area contributed by atoms with Crippen LogP contribution >= 0.6 is 11.3 Å². The number of carbonyl (C=O) groups excluding carboxylic acids is 2. The van der Waals surface area contributed by atoms with Crippen LogP contribution in [0.4, 0.5) is 4.79 Å². The molecule has 0 spiro atoms. The van der Waals surface area contributed by atoms with Gasteiger partial charge in [0.1, 0.15) is 0 Å². The fraction of sp³-hybridized carbons (Fsp3) is 0.455. The van der Waals surface area contributed by atoms with E-state index >= 15 is 0 Å². The number of benzene rings is 1. The zero-order chi connectivity index (χ0) is 21.7. The molecule has 162 valence electrons. The minimum Gasteiger partial charge on any atom is -0.493 e. The molecule has 30 heavy (non-hydrogen) atoms. The molecular formula is C22H28N2O5S. The molecule has 8 heteroatoms. The third-order valence-electron chi connectivity index (χ3n) is 5.45. The quantitative estimate of drug-likeness (QED) is 0.667. The molecular weight excluding hydrogens is 404 g/mol. The number of hydrogen-bond donors (Lipinski definition) is 1. The first-order chi connectivity index (χ1) is 14.5. The summed E-state index contributed by atoms with van der Waals surface area (Å²) in [5.41, 5.74) is 1.97. The first-order valence-corrected chi connectivity index (χ1v) is 10.8. The molecule has 0 fully saturated rings. The molecule has 0 saturated carbocycles. The molecule has 1 aliphatic heterocycles. The van der Waals surface area contributed by atoms with Crippen LogP contribution in [0, 0.1) is 0 Å². The number of rotatable bonds is 7. The lowest BCUT2D eigenvalue weighted by Gasteiger charge is -2.36. The van der Waals surface area contributed by atoms with E-state index in [-0.39, 0.29) is 18.5 Å². The lowest BCUT2D eigenvalue weighted by molar-refractivity contribution is -0.141. The number of nitrogens with zero attached hydrogens (tertiary/aromatic N) is 1. The Morgan fingerprint density at radius 1 is 1.20 bits per heavy atom. The zero-order valence-corrected chi connectivity index (χ0v) is 18.6. The van der Waals surface area contributed by atoms with Crippen LogP contribution in [0.25, 0.3) is 0 Å². The molecule has 1 N–H and O–H groups in total. The van der Waals surface area contributed by atoms with Crippen molar-refractivity contribution in [3.8, 4) is 11.5 Å². The van der Waals surface area contributed by atoms with Gasteiger partial charge in [-0.05, 0) is 47.5 Å². The van der Waals surface area contributed by atoms with Gasteiger partial charge in [0.15, 0.2) is 11.5 Å². The summed E-state index contributed by atoms with van der Waals surface area (Å²) in [6.45, 7) is 2.73. The summed E-state index contributed by atoms with van der Waals surface area (Å²) in [5.74, 6) is 0.712. The lowest BCUT2D eigenvalue weighted by Crippen LogP contribution is -2.46. The van der Waals surface area contributed by atoms with Crippen molar-refractivity contribution in [3.63, 3.8) is 0 Å². The maximum atomic E-state index is 13.2. The van der Waals surface area contributed by atoms with Gasteiger partial charge in [-0.25, -0.2) is 4.79 Å². The van der Waals surface area contributed by atoms with Gasteiger partial charge in [-0.3, -0.25) is 4.79 Å². The Hall–Kier alpha value is -2.74. The monoisotopic (exact) mass is 432 g/mol. The maximum absolute atomic E-state index is 13.2. The molecule has 0 saturated heterocycles. The smallest absolute Gasteiger partial charge is 0.318 e. The molecule has 0 unspecified atom stereocenters. The molecule has 1 aromatic heterocycles. The van der Waals surface area contributed by atoms with Crippen molar-refractivity contribution < 1.29 is 23.8 Å². The van der Waals surface area contributed by atoms with Gasteiger partial charge in [0, 0.05) is 11.4 Å². The molecule has 1 aliphatic rings. The van der Waals surface area contributed by atoms with Crippen LogP contribution < -0.4 is 14.8 Å². The van der Waals surface area contributed by atoms with E-state index in [1.807, 2.05) is 11.0 Å². The molecule has 7 nitrogen and oxygen atoms in total. The van der Waals surface area contributed by atoms with Crippen LogP contribution in [-0.4, -0.2) is 44.8 Å². The van der Waals surface area contributed by atoms with Crippen molar-refractivity contribution >= 4 is 23.3 Å². The van der Waals surface area contributed by atoms with E-state index in [4.69, 9.17) is 14.2 Å². The highest BCUT2D eigenvalue weighted by Crippen LogP contribution is 2.36. The van der Waals surface area contributed by atoms with E-state index < -0.39 is 12.0 Å². The van der Waals surface area contributed by atoms with Crippen LogP contribution in [-0.2, 0) is 16.0 Å². The molecule has 0 aliphatic carbocycles. The van der Waals surface area contributed by atoms with Gasteiger partial charge >= 0.3 is 12.0 Å². The Morgan fingerprint density at radius 3 is 2.63 bits per heavy atom. The summed E-state index contributed by atoms with van der Waals surface area (Å²) in [6.07, 6.45) is 1.69. The molecule has 2 aromatic rings. The van der Waals surface area contributed by atoms with Gasteiger partial charge in [0.25, 0.3) is 0 Å². The summed E-state index contributed by atoms with van der Waals surface area (Å²) in [5, 5.41) is 5.12. The van der Waals surface area contributed by atoms with E-state index in [2.05, 4.69) is 23.7 Å². The molecule has 2 amide bonds. The minimum atomic E-state index is -0.550. The summed E-state index contributed by atoms with van der Waals surface area (Å²) >= 11 is 1.74. The number of amides is 2. The number of carbonyl (C=O) groups is 2. The lowest BCUT2D eigenvalue weighted by atomic mass is 9.98. The standard InChI is InChI=1S/C22H28N2O5S/c1-5-17-15-9-11-30-20(15)8-10-24(17)22(26)23-16(13-21(25)29-4)14-6-7-18(27-2)19(12-14)28-3/h6-7,9,11-12,16-17H,5,8,10,13H2,1-4H3,(H,23,26)/t16-,17+/m1/s1. The third kappa shape index (κ3) is 4.53. The number of hydrogen-bond acceptors (Lipinski definition) is 6. The number of nitrogens with one attached hydrogen (secondary N) is 1. The van der Waals surface area contributed by atoms with Crippen LogP contribution in [0.15, 0.2) is 29.6 Å². The van der Waals surface area contributed by atoms with Gasteiger partial charge in [-0.15, -0.1) is 11.3 Å². The van der Waals surface area contributed by atoms with E-state index in [1.54, 1.807) is 37.7 Å². The molecule has 2 heterocycles. The Morgan fingerprint density at radius 2 is 1.97 bits per heavy atom. The number of methoxy groups -OCH3 is 3. The van der Waals surface area contributed by atoms with Crippen molar-refractivity contribution in [2.45, 2.75) is 38.3 Å². The van der Waals surface area contributed by atoms with Crippen LogP contribution in [0.5, 0.6) is 11.5 Å². The Labute approximate surface area is 180 Å². The molecule has 0 bridgehead atoms. The fourth-order valence-electron chi connectivity index (χ4n) is 3.88. The molecule has 0 radical (unpaired) electrons. The van der Waals surface area contributed by atoms with Crippen molar-refractivity contribution in [1.82, 2.24) is 10.2 Å². The summed E-state index contributed by atoms with van der Waals surface area (Å²) in [6, 6.07) is 6.75. The topological polar surface area (TPSA) is 77.1 Å². The van der Waals surface area contributed by atoms with E-state index in [1.165, 1.54) is 17.6 Å². The van der Waals surface area contributed by atoms with Gasteiger partial charge in [-0.2, -0.15) is 0 Å². The first-order valence-electron chi connectivity index (χ1n) is 9.94. The summed E-state index contributed by atoms with van der Waals surface area (Å²) in [4.78, 5) is 28.5. The first kappa shape index (κ1) is 22.0. The molecule has 3 rings (SSSR count). The number of fused-ring (bicyclic) bond motifs is 1. The second kappa shape index (κ2) is 9.84. The Balaban J connectivity index is 1.85. The normalized spacial score (nSPS) is 16.4. The second-order valence-corrected chi connectivity index (χ2v) is 8.06. The summed E-state index contributed by atoms with van der Waals surface area (Å²) in [7, 11) is 4.45. The highest BCUT2D eigenvalue weighted by molar-refractivity contribution is 7.10. The van der Waals surface area contributed by atoms with E-state index in [9.17, 15) is 9.59 Å². The van der Waals surface area contributed by atoms with Crippen LogP contribution in [0.1, 0.15) is 47.9 Å². The SMILES string of the molecule is CC[C@H]1c2ccsc2CCN1C(=O)N[C@H](CC(=O)OC)c1ccc(OC)c(OC)c1. The van der Waals surface area contributed by atoms with Crippen molar-refractivity contribution in [3.05, 3.63) is 45.6 Å². The van der Waals surface area contributed by atoms with Crippen molar-refractivity contribution in [1.29, 1.82) is 0 Å². The third-order valence-corrected chi connectivity index (χ3v) is 6.45. The van der Waals surface area contributed by atoms with E-state index in [0.717, 1.165) is 18.4 Å². The van der Waals surface area contributed by atoms with Gasteiger partial charge in [-0.1, -0.05) is 13.0 Å². The second-order valence-electron chi connectivity index (χ2n) is 7.06. The van der Waals surface area contributed by atoms with Crippen molar-refractivity contribution in [2.75, 3.05) is 27.9 Å². The number of thiophene rings is 1. The van der Waals surface area contributed by atoms with Crippen LogP contribution in [0.3, 0.4) is 0 Å². The maximum Gasteiger partial charge on any atom is 0.318 e. The summed E-state index contributed by atoms with van der Waals surface area (Å²) < 4.78 is 15.5. The minimum absolute atomic E-state index is 0.0199. The highest BCUT2D eigenvalue weighted by Gasteiger charge is 2.32. The van der Waals surface area contributed by atoms with E-state index in [0.29, 0.717) is 18.0 Å². The van der Waals surface area contributed by atoms with Crippen molar-refractivity contribution in [2.24, 2.45) is 0 Å². The zero-order valence-electron chi connectivity index (χ0n) is 17.8. The van der Waals surface area contributed by atoms with Crippen LogP contribution in [0.2, 0.25) is 0 Å². The average Bonchev–Trinajstić information content (AvgIpc) is 3.26. The number of ether oxygens (including phenoxy) is 3. The predicted molar refractivity (Wildman–Crippen MR) is 115 cm³/mol. The Bertz CT molecular complexity index is 897. The highest BCUT2D eigenvalue weighted by atomic mass is 32.1. The van der Waals surface area contributed by atoms with Gasteiger partial charge in [0.2, 0.25) is 0 Å². The van der Waals surface area contributed by atoms with Gasteiger partial charge < -0.3 is 24.4 Å². The Kier molecular flexibility index (Phi) is 7.20. The average molecular weight is 433 g/mol. The molecule has 2 atom stereocenters. The predicted octanol–water partition coefficient (Wildman–Crippen LogP) is 4.09. The largest absolute Gasteiger partial charge is 0.493 e. The molecule has 1 aromatic carbocycles. The van der Waals surface area contributed by atoms with Gasteiger partial charge in [0.05, 0.1) is 39.8 Å². The number of esters is 1. The fourth-order valence-corrected chi connectivity index (χ4v) is 4.81. The number of urea groups is 1.